The van der Waals surface area contributed by atoms with Gasteiger partial charge in [-0.1, -0.05) is 84.9 Å². The molecule has 4 nitrogen and oxygen atoms in total. The molecule has 0 atom stereocenters. The van der Waals surface area contributed by atoms with Crippen LogP contribution in [0.2, 0.25) is 0 Å². The Morgan fingerprint density at radius 1 is 0.767 bits per heavy atom. The molecule has 1 aromatic heterocycles. The Morgan fingerprint density at radius 3 is 2.13 bits per heavy atom. The van der Waals surface area contributed by atoms with Crippen LogP contribution in [0.25, 0.3) is 27.7 Å². The van der Waals surface area contributed by atoms with E-state index in [-0.39, 0.29) is 5.91 Å². The minimum Gasteiger partial charge on any atom is -0.334 e. The first-order valence-electron chi connectivity index (χ1n) is 10.2. The van der Waals surface area contributed by atoms with Gasteiger partial charge in [0.05, 0.1) is 11.1 Å². The van der Waals surface area contributed by atoms with Gasteiger partial charge in [0.15, 0.2) is 0 Å². The van der Waals surface area contributed by atoms with E-state index < -0.39 is 0 Å². The van der Waals surface area contributed by atoms with Crippen LogP contribution in [0.3, 0.4) is 0 Å². The number of nitrogens with zero attached hydrogens (tertiary/aromatic N) is 3. The zero-order chi connectivity index (χ0) is 20.3. The molecule has 2 heterocycles. The smallest absolute Gasteiger partial charge is 0.257 e. The van der Waals surface area contributed by atoms with E-state index >= 15 is 0 Å². The number of hydrogen-bond acceptors (Lipinski definition) is 3. The summed E-state index contributed by atoms with van der Waals surface area (Å²) in [5, 5.41) is 9.65. The molecule has 1 amide bonds. The van der Waals surface area contributed by atoms with Crippen LogP contribution >= 0.6 is 0 Å². The Morgan fingerprint density at radius 2 is 1.43 bits per heavy atom. The number of aromatic nitrogens is 2. The second-order valence-electron chi connectivity index (χ2n) is 7.40. The molecule has 0 saturated heterocycles. The van der Waals surface area contributed by atoms with Crippen molar-refractivity contribution in [3.8, 4) is 11.3 Å². The summed E-state index contributed by atoms with van der Waals surface area (Å²) >= 11 is 0. The summed E-state index contributed by atoms with van der Waals surface area (Å²) in [6.45, 7) is 1.28. The van der Waals surface area contributed by atoms with Crippen molar-refractivity contribution >= 4 is 22.4 Å². The molecule has 0 N–H and O–H groups in total. The van der Waals surface area contributed by atoms with Gasteiger partial charge in [0.2, 0.25) is 0 Å². The highest BCUT2D eigenvalue weighted by Crippen LogP contribution is 2.30. The molecular weight excluding hydrogens is 370 g/mol. The zero-order valence-corrected chi connectivity index (χ0v) is 16.5. The molecule has 5 rings (SSSR count). The summed E-state index contributed by atoms with van der Waals surface area (Å²) in [6.07, 6.45) is 3.00. The maximum Gasteiger partial charge on any atom is 0.257 e. The highest BCUT2D eigenvalue weighted by atomic mass is 16.2. The Bertz CT molecular complexity index is 1230. The lowest BCUT2D eigenvalue weighted by Crippen LogP contribution is -2.35. The largest absolute Gasteiger partial charge is 0.334 e. The maximum atomic E-state index is 13.7. The van der Waals surface area contributed by atoms with E-state index in [1.165, 1.54) is 11.1 Å². The van der Waals surface area contributed by atoms with Crippen molar-refractivity contribution in [2.24, 2.45) is 0 Å². The normalized spacial score (nSPS) is 13.9. The summed E-state index contributed by atoms with van der Waals surface area (Å²) in [4.78, 5) is 15.6. The lowest BCUT2D eigenvalue weighted by Gasteiger charge is -2.27. The Kier molecular flexibility index (Phi) is 4.81. The number of amides is 1. The second-order valence-corrected chi connectivity index (χ2v) is 7.40. The Hall–Kier alpha value is -3.79. The monoisotopic (exact) mass is 391 g/mol. The van der Waals surface area contributed by atoms with Crippen molar-refractivity contribution in [2.45, 2.75) is 6.42 Å². The van der Waals surface area contributed by atoms with Crippen LogP contribution in [0.15, 0.2) is 91.0 Å². The molecule has 146 valence electrons. The highest BCUT2D eigenvalue weighted by Gasteiger charge is 2.25. The van der Waals surface area contributed by atoms with Gasteiger partial charge in [-0.3, -0.25) is 4.79 Å². The predicted molar refractivity (Wildman–Crippen MR) is 120 cm³/mol. The fourth-order valence-corrected chi connectivity index (χ4v) is 3.99. The van der Waals surface area contributed by atoms with Crippen LogP contribution in [0.4, 0.5) is 0 Å². The third-order valence-electron chi connectivity index (χ3n) is 5.57. The average molecular weight is 391 g/mol. The van der Waals surface area contributed by atoms with Crippen LogP contribution in [-0.2, 0) is 0 Å². The van der Waals surface area contributed by atoms with Crippen LogP contribution < -0.4 is 0 Å². The second kappa shape index (κ2) is 7.91. The van der Waals surface area contributed by atoms with Crippen molar-refractivity contribution in [2.75, 3.05) is 13.1 Å². The fraction of sp³-hybridized carbons (Fsp3) is 0.115. The molecule has 0 saturated carbocycles. The molecule has 3 aromatic carbocycles. The molecule has 0 bridgehead atoms. The lowest BCUT2D eigenvalue weighted by molar-refractivity contribution is 0.0775. The van der Waals surface area contributed by atoms with Crippen molar-refractivity contribution in [1.82, 2.24) is 15.1 Å². The van der Waals surface area contributed by atoms with E-state index in [1.807, 2.05) is 65.6 Å². The summed E-state index contributed by atoms with van der Waals surface area (Å²) in [7, 11) is 0. The van der Waals surface area contributed by atoms with Crippen LogP contribution in [0.5, 0.6) is 0 Å². The van der Waals surface area contributed by atoms with Crippen LogP contribution in [-0.4, -0.2) is 34.1 Å². The first kappa shape index (κ1) is 18.3. The van der Waals surface area contributed by atoms with Gasteiger partial charge < -0.3 is 4.90 Å². The summed E-state index contributed by atoms with van der Waals surface area (Å²) in [5.74, 6) is 0.00307. The standard InChI is InChI=1S/C26H21N3O/c30-26(29-17-15-20(16-18-29)19-9-3-1-4-10-19)24-22-13-7-8-14-23(22)27-28-25(24)21-11-5-2-6-12-21/h1-15H,16-18H2. The lowest BCUT2D eigenvalue weighted by atomic mass is 9.97. The predicted octanol–water partition coefficient (Wildman–Crippen LogP) is 5.23. The van der Waals surface area contributed by atoms with Gasteiger partial charge in [0, 0.05) is 24.0 Å². The topological polar surface area (TPSA) is 46.1 Å². The molecule has 1 aliphatic heterocycles. The van der Waals surface area contributed by atoms with E-state index in [4.69, 9.17) is 0 Å². The zero-order valence-electron chi connectivity index (χ0n) is 16.5. The van der Waals surface area contributed by atoms with Crippen LogP contribution in [0.1, 0.15) is 22.3 Å². The van der Waals surface area contributed by atoms with Gasteiger partial charge in [-0.05, 0) is 23.6 Å². The van der Waals surface area contributed by atoms with Crippen molar-refractivity contribution < 1.29 is 4.79 Å². The minimum atomic E-state index is 0.00307. The summed E-state index contributed by atoms with van der Waals surface area (Å²) in [6, 6.07) is 27.9. The third kappa shape index (κ3) is 3.37. The number of carbonyl (C=O) groups excluding carboxylic acids is 1. The van der Waals surface area contributed by atoms with Gasteiger partial charge in [0.25, 0.3) is 5.91 Å². The molecule has 0 unspecified atom stereocenters. The molecule has 30 heavy (non-hydrogen) atoms. The van der Waals surface area contributed by atoms with Crippen LogP contribution in [0, 0.1) is 0 Å². The van der Waals surface area contributed by atoms with Crippen molar-refractivity contribution in [1.29, 1.82) is 0 Å². The number of carbonyl (C=O) groups is 1. The average Bonchev–Trinajstić information content (AvgIpc) is 2.84. The van der Waals surface area contributed by atoms with Crippen molar-refractivity contribution in [3.05, 3.63) is 102 Å². The Labute approximate surface area is 175 Å². The van der Waals surface area contributed by atoms with E-state index in [1.54, 1.807) is 0 Å². The molecule has 4 aromatic rings. The highest BCUT2D eigenvalue weighted by molar-refractivity contribution is 6.10. The van der Waals surface area contributed by atoms with Gasteiger partial charge in [0.1, 0.15) is 5.69 Å². The van der Waals surface area contributed by atoms with Gasteiger partial charge >= 0.3 is 0 Å². The quantitative estimate of drug-likeness (QED) is 0.481. The minimum absolute atomic E-state index is 0.00307. The van der Waals surface area contributed by atoms with E-state index in [0.29, 0.717) is 24.3 Å². The number of benzene rings is 3. The maximum absolute atomic E-state index is 13.7. The van der Waals surface area contributed by atoms with Gasteiger partial charge in [-0.15, -0.1) is 10.2 Å². The molecular formula is C26H21N3O. The van der Waals surface area contributed by atoms with E-state index in [0.717, 1.165) is 22.9 Å². The number of fused-ring (bicyclic) bond motifs is 1. The molecule has 4 heteroatoms. The summed E-state index contributed by atoms with van der Waals surface area (Å²) < 4.78 is 0. The fourth-order valence-electron chi connectivity index (χ4n) is 3.99. The first-order chi connectivity index (χ1) is 14.8. The molecule has 0 spiro atoms. The van der Waals surface area contributed by atoms with Crippen molar-refractivity contribution in [3.63, 3.8) is 0 Å². The van der Waals surface area contributed by atoms with E-state index in [2.05, 4.69) is 40.5 Å². The summed E-state index contributed by atoms with van der Waals surface area (Å²) in [5.41, 5.74) is 5.42. The van der Waals surface area contributed by atoms with E-state index in [9.17, 15) is 4.79 Å². The van der Waals surface area contributed by atoms with Gasteiger partial charge in [-0.25, -0.2) is 0 Å². The molecule has 0 radical (unpaired) electrons. The molecule has 0 fully saturated rings. The Balaban J connectivity index is 1.54. The third-order valence-corrected chi connectivity index (χ3v) is 5.57. The molecule has 1 aliphatic rings. The van der Waals surface area contributed by atoms with Gasteiger partial charge in [-0.2, -0.15) is 0 Å². The number of rotatable bonds is 3. The SMILES string of the molecule is O=C(c1c(-c2ccccc2)nnc2ccccc12)N1CC=C(c2ccccc2)CC1. The molecule has 0 aliphatic carbocycles. The number of hydrogen-bond donors (Lipinski definition) is 0. The first-order valence-corrected chi connectivity index (χ1v) is 10.2.